The molecule has 1 aromatic rings. The van der Waals surface area contributed by atoms with Gasteiger partial charge in [-0.3, -0.25) is 4.79 Å². The number of benzene rings is 1. The van der Waals surface area contributed by atoms with Gasteiger partial charge in [0.25, 0.3) is 0 Å². The maximum absolute atomic E-state index is 11.2. The summed E-state index contributed by atoms with van der Waals surface area (Å²) in [5.41, 5.74) is -0.727. The van der Waals surface area contributed by atoms with Crippen LogP contribution in [0.15, 0.2) is 16.6 Å². The Kier molecular flexibility index (Phi) is 2.58. The molecule has 1 aliphatic rings. The summed E-state index contributed by atoms with van der Waals surface area (Å²) in [6, 6.07) is 3.10. The molecule has 0 aliphatic heterocycles. The smallest absolute Gasteiger partial charge is 0.314 e. The van der Waals surface area contributed by atoms with E-state index in [2.05, 4.69) is 15.9 Å². The Balaban J connectivity index is 2.56. The molecule has 3 N–H and O–H groups in total. The fourth-order valence-corrected chi connectivity index (χ4v) is 2.39. The number of rotatable bonds is 2. The molecule has 0 amide bonds. The van der Waals surface area contributed by atoms with E-state index in [1.165, 1.54) is 0 Å². The van der Waals surface area contributed by atoms with Crippen molar-refractivity contribution in [3.63, 3.8) is 0 Å². The first kappa shape index (κ1) is 11.3. The summed E-state index contributed by atoms with van der Waals surface area (Å²) >= 11 is 3.07. The van der Waals surface area contributed by atoms with E-state index in [1.807, 2.05) is 0 Å². The van der Waals surface area contributed by atoms with Gasteiger partial charge in [0.15, 0.2) is 11.5 Å². The highest BCUT2D eigenvalue weighted by atomic mass is 79.9. The molecule has 0 spiro atoms. The predicted molar refractivity (Wildman–Crippen MR) is 60.6 cm³/mol. The summed E-state index contributed by atoms with van der Waals surface area (Å²) in [5, 5.41) is 28.6. The highest BCUT2D eigenvalue weighted by Crippen LogP contribution is 2.50. The van der Waals surface area contributed by atoms with Gasteiger partial charge in [0, 0.05) is 5.56 Å². The average Bonchev–Trinajstić information content (AvgIpc) is 2.16. The molecule has 1 saturated carbocycles. The third-order valence-electron chi connectivity index (χ3n) is 3.23. The first-order valence-electron chi connectivity index (χ1n) is 4.93. The minimum atomic E-state index is -1.03. The molecule has 0 heterocycles. The van der Waals surface area contributed by atoms with Crippen LogP contribution >= 0.6 is 15.9 Å². The second-order valence-corrected chi connectivity index (χ2v) is 4.89. The van der Waals surface area contributed by atoms with Crippen molar-refractivity contribution in [1.29, 1.82) is 0 Å². The number of carboxylic acids is 1. The first-order valence-corrected chi connectivity index (χ1v) is 5.72. The zero-order chi connectivity index (χ0) is 11.9. The van der Waals surface area contributed by atoms with Gasteiger partial charge in [-0.1, -0.05) is 12.5 Å². The fraction of sp³-hybridized carbons (Fsp3) is 0.364. The summed E-state index contributed by atoms with van der Waals surface area (Å²) in [4.78, 5) is 11.2. The van der Waals surface area contributed by atoms with Crippen molar-refractivity contribution in [3.8, 4) is 11.5 Å². The molecule has 5 heteroatoms. The minimum Gasteiger partial charge on any atom is -0.504 e. The lowest BCUT2D eigenvalue weighted by atomic mass is 9.64. The van der Waals surface area contributed by atoms with E-state index in [4.69, 9.17) is 0 Å². The van der Waals surface area contributed by atoms with Crippen LogP contribution in [0.5, 0.6) is 11.5 Å². The number of aliphatic carboxylic acids is 1. The van der Waals surface area contributed by atoms with Crippen LogP contribution in [-0.2, 0) is 10.2 Å². The second-order valence-electron chi connectivity index (χ2n) is 4.03. The largest absolute Gasteiger partial charge is 0.504 e. The molecule has 86 valence electrons. The maximum Gasteiger partial charge on any atom is 0.314 e. The van der Waals surface area contributed by atoms with E-state index in [0.29, 0.717) is 22.9 Å². The van der Waals surface area contributed by atoms with Gasteiger partial charge in [-0.05, 0) is 34.8 Å². The van der Waals surface area contributed by atoms with Crippen LogP contribution in [0.4, 0.5) is 0 Å². The number of halogens is 1. The topological polar surface area (TPSA) is 77.8 Å². The van der Waals surface area contributed by atoms with Crippen LogP contribution in [-0.4, -0.2) is 21.3 Å². The number of aromatic hydroxyl groups is 2. The van der Waals surface area contributed by atoms with Gasteiger partial charge in [-0.15, -0.1) is 0 Å². The van der Waals surface area contributed by atoms with Crippen molar-refractivity contribution in [3.05, 3.63) is 22.2 Å². The summed E-state index contributed by atoms with van der Waals surface area (Å²) in [7, 11) is 0. The number of hydrogen-bond acceptors (Lipinski definition) is 3. The van der Waals surface area contributed by atoms with Crippen LogP contribution in [0.3, 0.4) is 0 Å². The van der Waals surface area contributed by atoms with E-state index in [0.717, 1.165) is 6.42 Å². The molecule has 0 aromatic heterocycles. The normalized spacial score (nSPS) is 17.8. The van der Waals surface area contributed by atoms with E-state index in [1.54, 1.807) is 12.1 Å². The third-order valence-corrected chi connectivity index (χ3v) is 3.87. The molecule has 4 nitrogen and oxygen atoms in total. The van der Waals surface area contributed by atoms with Crippen LogP contribution in [0.25, 0.3) is 0 Å². The lowest BCUT2D eigenvalue weighted by Crippen LogP contribution is -2.42. The standard InChI is InChI=1S/C11H11BrO4/c12-7-3-2-6(8(13)9(7)14)11(10(15)16)4-1-5-11/h2-3,13-14H,1,4-5H2,(H,15,16). The number of carboxylic acid groups (broad SMARTS) is 1. The van der Waals surface area contributed by atoms with Crippen molar-refractivity contribution >= 4 is 21.9 Å². The molecule has 0 unspecified atom stereocenters. The molecule has 0 bridgehead atoms. The molecule has 1 aromatic carbocycles. The number of carbonyl (C=O) groups is 1. The molecule has 0 radical (unpaired) electrons. The van der Waals surface area contributed by atoms with Crippen LogP contribution in [0.2, 0.25) is 0 Å². The average molecular weight is 287 g/mol. The molecule has 1 aliphatic carbocycles. The van der Waals surface area contributed by atoms with E-state index in [-0.39, 0.29) is 11.5 Å². The van der Waals surface area contributed by atoms with E-state index >= 15 is 0 Å². The van der Waals surface area contributed by atoms with Gasteiger partial charge in [-0.25, -0.2) is 0 Å². The van der Waals surface area contributed by atoms with E-state index in [9.17, 15) is 20.1 Å². The van der Waals surface area contributed by atoms with Crippen LogP contribution in [0.1, 0.15) is 24.8 Å². The van der Waals surface area contributed by atoms with Gasteiger partial charge in [0.05, 0.1) is 9.89 Å². The summed E-state index contributed by atoms with van der Waals surface area (Å²) in [5.74, 6) is -1.59. The molecule has 2 rings (SSSR count). The predicted octanol–water partition coefficient (Wildman–Crippen LogP) is 2.37. The number of phenolic OH excluding ortho intramolecular Hbond substituents is 2. The summed E-state index contributed by atoms with van der Waals surface area (Å²) in [6.07, 6.45) is 1.82. The molecule has 16 heavy (non-hydrogen) atoms. The Morgan fingerprint density at radius 3 is 2.31 bits per heavy atom. The third kappa shape index (κ3) is 1.38. The molecule has 0 atom stereocenters. The van der Waals surface area contributed by atoms with Gasteiger partial charge in [0.1, 0.15) is 0 Å². The fourth-order valence-electron chi connectivity index (χ4n) is 2.07. The Bertz CT molecular complexity index is 452. The highest BCUT2D eigenvalue weighted by molar-refractivity contribution is 9.10. The van der Waals surface area contributed by atoms with Crippen LogP contribution < -0.4 is 0 Å². The zero-order valence-corrected chi connectivity index (χ0v) is 9.99. The summed E-state index contributed by atoms with van der Waals surface area (Å²) in [6.45, 7) is 0. The van der Waals surface area contributed by atoms with Crippen molar-refractivity contribution in [2.75, 3.05) is 0 Å². The van der Waals surface area contributed by atoms with E-state index < -0.39 is 11.4 Å². The zero-order valence-electron chi connectivity index (χ0n) is 8.40. The van der Waals surface area contributed by atoms with Crippen molar-refractivity contribution in [2.24, 2.45) is 0 Å². The minimum absolute atomic E-state index is 0.298. The maximum atomic E-state index is 11.2. The lowest BCUT2D eigenvalue weighted by Gasteiger charge is -2.38. The lowest BCUT2D eigenvalue weighted by molar-refractivity contribution is -0.147. The first-order chi connectivity index (χ1) is 7.49. The number of hydrogen-bond donors (Lipinski definition) is 3. The van der Waals surface area contributed by atoms with Crippen molar-refractivity contribution < 1.29 is 20.1 Å². The second kappa shape index (κ2) is 3.66. The molecular formula is C11H11BrO4. The SMILES string of the molecule is O=C(O)C1(c2ccc(Br)c(O)c2O)CCC1. The Morgan fingerprint density at radius 2 is 1.88 bits per heavy atom. The molecular weight excluding hydrogens is 276 g/mol. The quantitative estimate of drug-likeness (QED) is 0.730. The van der Waals surface area contributed by atoms with Gasteiger partial charge >= 0.3 is 5.97 Å². The molecule has 0 saturated heterocycles. The Hall–Kier alpha value is -1.23. The van der Waals surface area contributed by atoms with Crippen molar-refractivity contribution in [2.45, 2.75) is 24.7 Å². The van der Waals surface area contributed by atoms with Crippen molar-refractivity contribution in [1.82, 2.24) is 0 Å². The summed E-state index contributed by atoms with van der Waals surface area (Å²) < 4.78 is 0.355. The van der Waals surface area contributed by atoms with Gasteiger partial charge < -0.3 is 15.3 Å². The Morgan fingerprint density at radius 1 is 1.25 bits per heavy atom. The van der Waals surface area contributed by atoms with Gasteiger partial charge in [-0.2, -0.15) is 0 Å². The molecule has 1 fully saturated rings. The number of phenols is 2. The highest BCUT2D eigenvalue weighted by Gasteiger charge is 2.48. The van der Waals surface area contributed by atoms with Gasteiger partial charge in [0.2, 0.25) is 0 Å². The monoisotopic (exact) mass is 286 g/mol. The Labute approximate surface area is 101 Å². The van der Waals surface area contributed by atoms with Crippen LogP contribution in [0, 0.1) is 0 Å².